The summed E-state index contributed by atoms with van der Waals surface area (Å²) in [5.41, 5.74) is 0.640. The number of hydrogen-bond acceptors (Lipinski definition) is 6. The average molecular weight is 288 g/mol. The largest absolute Gasteiger partial charge is 0.493 e. The summed E-state index contributed by atoms with van der Waals surface area (Å²) >= 11 is 0. The molecule has 0 radical (unpaired) electrons. The summed E-state index contributed by atoms with van der Waals surface area (Å²) in [6.45, 7) is 0.125. The van der Waals surface area contributed by atoms with Crippen LogP contribution in [0.15, 0.2) is 36.7 Å². The molecular weight excluding hydrogens is 276 g/mol. The van der Waals surface area contributed by atoms with Crippen molar-refractivity contribution in [2.45, 2.75) is 6.61 Å². The van der Waals surface area contributed by atoms with E-state index in [0.717, 1.165) is 11.6 Å². The van der Waals surface area contributed by atoms with Gasteiger partial charge < -0.3 is 9.47 Å². The van der Waals surface area contributed by atoms with Crippen LogP contribution in [0.1, 0.15) is 15.9 Å². The number of ether oxygens (including phenoxy) is 2. The summed E-state index contributed by atoms with van der Waals surface area (Å²) in [6, 6.07) is 6.01. The number of nitro groups is 1. The number of carbonyl (C=O) groups is 1. The standard InChI is InChI=1S/C14H12N2O5/c1-20-13-7-11(8-17)6-12(16(18)19)14(13)21-9-10-2-4-15-5-3-10/h2-8H,9H2,1H3. The van der Waals surface area contributed by atoms with Crippen LogP contribution in [-0.4, -0.2) is 23.3 Å². The highest BCUT2D eigenvalue weighted by molar-refractivity contribution is 5.79. The number of nitro benzene ring substituents is 1. The molecular formula is C14H12N2O5. The number of nitrogens with zero attached hydrogens (tertiary/aromatic N) is 2. The number of aromatic nitrogens is 1. The number of aldehydes is 1. The first-order valence-corrected chi connectivity index (χ1v) is 5.99. The zero-order chi connectivity index (χ0) is 15.2. The van der Waals surface area contributed by atoms with Crippen molar-refractivity contribution in [1.82, 2.24) is 4.98 Å². The maximum Gasteiger partial charge on any atom is 0.315 e. The van der Waals surface area contributed by atoms with E-state index in [1.54, 1.807) is 24.5 Å². The summed E-state index contributed by atoms with van der Waals surface area (Å²) in [5.74, 6) is 0.130. The Hall–Kier alpha value is -2.96. The Morgan fingerprint density at radius 3 is 2.62 bits per heavy atom. The second-order valence-electron chi connectivity index (χ2n) is 4.09. The fraction of sp³-hybridized carbons (Fsp3) is 0.143. The third kappa shape index (κ3) is 3.33. The van der Waals surface area contributed by atoms with Gasteiger partial charge in [-0.2, -0.15) is 0 Å². The molecule has 1 aromatic carbocycles. The summed E-state index contributed by atoms with van der Waals surface area (Å²) in [6.07, 6.45) is 3.71. The summed E-state index contributed by atoms with van der Waals surface area (Å²) in [4.78, 5) is 25.2. The highest BCUT2D eigenvalue weighted by atomic mass is 16.6. The second kappa shape index (κ2) is 6.47. The van der Waals surface area contributed by atoms with Crippen LogP contribution < -0.4 is 9.47 Å². The Morgan fingerprint density at radius 1 is 1.33 bits per heavy atom. The highest BCUT2D eigenvalue weighted by Crippen LogP contribution is 2.38. The van der Waals surface area contributed by atoms with Gasteiger partial charge in [-0.3, -0.25) is 19.9 Å². The molecule has 0 saturated carbocycles. The molecule has 0 atom stereocenters. The van der Waals surface area contributed by atoms with Crippen LogP contribution in [0, 0.1) is 10.1 Å². The third-order valence-corrected chi connectivity index (χ3v) is 2.74. The van der Waals surface area contributed by atoms with E-state index < -0.39 is 4.92 Å². The molecule has 0 bridgehead atoms. The molecule has 0 aliphatic heterocycles. The molecule has 0 aliphatic carbocycles. The Kier molecular flexibility index (Phi) is 4.45. The summed E-state index contributed by atoms with van der Waals surface area (Å²) in [5, 5.41) is 11.1. The van der Waals surface area contributed by atoms with Gasteiger partial charge in [-0.1, -0.05) is 0 Å². The number of pyridine rings is 1. The van der Waals surface area contributed by atoms with E-state index in [2.05, 4.69) is 4.98 Å². The quantitative estimate of drug-likeness (QED) is 0.460. The fourth-order valence-corrected chi connectivity index (χ4v) is 1.74. The van der Waals surface area contributed by atoms with Crippen LogP contribution in [0.4, 0.5) is 5.69 Å². The van der Waals surface area contributed by atoms with Crippen molar-refractivity contribution in [3.05, 3.63) is 57.9 Å². The van der Waals surface area contributed by atoms with Crippen LogP contribution in [-0.2, 0) is 6.61 Å². The molecule has 7 heteroatoms. The Bertz CT molecular complexity index is 658. The van der Waals surface area contributed by atoms with Crippen LogP contribution in [0.3, 0.4) is 0 Å². The van der Waals surface area contributed by atoms with E-state index in [4.69, 9.17) is 9.47 Å². The number of methoxy groups -OCH3 is 1. The van der Waals surface area contributed by atoms with Crippen LogP contribution >= 0.6 is 0 Å². The predicted octanol–water partition coefficient (Wildman–Crippen LogP) is 2.39. The molecule has 0 aliphatic rings. The van der Waals surface area contributed by atoms with Crippen LogP contribution in [0.25, 0.3) is 0 Å². The zero-order valence-electron chi connectivity index (χ0n) is 11.2. The minimum atomic E-state index is -0.614. The molecule has 0 fully saturated rings. The molecule has 108 valence electrons. The molecule has 0 amide bonds. The molecule has 0 N–H and O–H groups in total. The molecule has 2 rings (SSSR count). The fourth-order valence-electron chi connectivity index (χ4n) is 1.74. The first-order chi connectivity index (χ1) is 10.2. The lowest BCUT2D eigenvalue weighted by atomic mass is 10.2. The van der Waals surface area contributed by atoms with Gasteiger partial charge in [0.05, 0.1) is 12.0 Å². The van der Waals surface area contributed by atoms with Crippen LogP contribution in [0.2, 0.25) is 0 Å². The number of rotatable bonds is 6. The number of benzene rings is 1. The van der Waals surface area contributed by atoms with Crippen molar-refractivity contribution in [3.8, 4) is 11.5 Å². The lowest BCUT2D eigenvalue weighted by Crippen LogP contribution is -2.02. The average Bonchev–Trinajstić information content (AvgIpc) is 2.52. The third-order valence-electron chi connectivity index (χ3n) is 2.74. The Morgan fingerprint density at radius 2 is 2.05 bits per heavy atom. The first kappa shape index (κ1) is 14.4. The van der Waals surface area contributed by atoms with Gasteiger partial charge in [0, 0.05) is 24.0 Å². The topological polar surface area (TPSA) is 91.6 Å². The van der Waals surface area contributed by atoms with Crippen molar-refractivity contribution >= 4 is 12.0 Å². The molecule has 21 heavy (non-hydrogen) atoms. The van der Waals surface area contributed by atoms with E-state index in [-0.39, 0.29) is 29.4 Å². The van der Waals surface area contributed by atoms with Gasteiger partial charge in [0.1, 0.15) is 12.9 Å². The van der Waals surface area contributed by atoms with E-state index >= 15 is 0 Å². The number of hydrogen-bond donors (Lipinski definition) is 0. The van der Waals surface area contributed by atoms with E-state index in [1.165, 1.54) is 13.2 Å². The Balaban J connectivity index is 2.36. The van der Waals surface area contributed by atoms with Crippen LogP contribution in [0.5, 0.6) is 11.5 Å². The Labute approximate surface area is 120 Å². The van der Waals surface area contributed by atoms with Gasteiger partial charge in [-0.15, -0.1) is 0 Å². The van der Waals surface area contributed by atoms with Gasteiger partial charge in [-0.25, -0.2) is 0 Å². The maximum absolute atomic E-state index is 11.1. The van der Waals surface area contributed by atoms with E-state index in [1.807, 2.05) is 0 Å². The number of carbonyl (C=O) groups excluding carboxylic acids is 1. The normalized spacial score (nSPS) is 9.95. The van der Waals surface area contributed by atoms with Gasteiger partial charge in [-0.05, 0) is 23.8 Å². The lowest BCUT2D eigenvalue weighted by Gasteiger charge is -2.11. The molecule has 1 aromatic heterocycles. The maximum atomic E-state index is 11.1. The van der Waals surface area contributed by atoms with Crippen molar-refractivity contribution < 1.29 is 19.2 Å². The van der Waals surface area contributed by atoms with Crippen molar-refractivity contribution in [1.29, 1.82) is 0 Å². The molecule has 2 aromatic rings. The van der Waals surface area contributed by atoms with Gasteiger partial charge in [0.2, 0.25) is 5.75 Å². The van der Waals surface area contributed by atoms with E-state index in [9.17, 15) is 14.9 Å². The van der Waals surface area contributed by atoms with Crippen molar-refractivity contribution in [2.24, 2.45) is 0 Å². The lowest BCUT2D eigenvalue weighted by molar-refractivity contribution is -0.386. The first-order valence-electron chi connectivity index (χ1n) is 5.99. The molecule has 0 unspecified atom stereocenters. The molecule has 1 heterocycles. The van der Waals surface area contributed by atoms with Crippen molar-refractivity contribution in [3.63, 3.8) is 0 Å². The van der Waals surface area contributed by atoms with Gasteiger partial charge in [0.25, 0.3) is 0 Å². The van der Waals surface area contributed by atoms with E-state index in [0.29, 0.717) is 6.29 Å². The SMILES string of the molecule is COc1cc(C=O)cc([N+](=O)[O-])c1OCc1ccncc1. The summed E-state index contributed by atoms with van der Waals surface area (Å²) < 4.78 is 10.6. The molecule has 0 spiro atoms. The highest BCUT2D eigenvalue weighted by Gasteiger charge is 2.22. The zero-order valence-corrected chi connectivity index (χ0v) is 11.2. The molecule has 7 nitrogen and oxygen atoms in total. The minimum absolute atomic E-state index is 0.00934. The van der Waals surface area contributed by atoms with Gasteiger partial charge in [0.15, 0.2) is 5.75 Å². The second-order valence-corrected chi connectivity index (χ2v) is 4.09. The predicted molar refractivity (Wildman–Crippen MR) is 73.6 cm³/mol. The van der Waals surface area contributed by atoms with Gasteiger partial charge >= 0.3 is 5.69 Å². The monoisotopic (exact) mass is 288 g/mol. The minimum Gasteiger partial charge on any atom is -0.493 e. The molecule has 0 saturated heterocycles. The smallest absolute Gasteiger partial charge is 0.315 e. The van der Waals surface area contributed by atoms with Crippen molar-refractivity contribution in [2.75, 3.05) is 7.11 Å². The summed E-state index contributed by atoms with van der Waals surface area (Å²) in [7, 11) is 1.35.